The van der Waals surface area contributed by atoms with Gasteiger partial charge in [0, 0.05) is 30.7 Å². The molecule has 0 radical (unpaired) electrons. The highest BCUT2D eigenvalue weighted by atomic mass is 16.1. The van der Waals surface area contributed by atoms with Gasteiger partial charge in [-0.1, -0.05) is 19.1 Å². The lowest BCUT2D eigenvalue weighted by Gasteiger charge is -2.30. The molecule has 2 heterocycles. The smallest absolute Gasteiger partial charge is 0.227 e. The molecule has 132 valence electrons. The maximum Gasteiger partial charge on any atom is 0.227 e. The van der Waals surface area contributed by atoms with Crippen LogP contribution in [-0.4, -0.2) is 36.5 Å². The van der Waals surface area contributed by atoms with E-state index in [4.69, 9.17) is 0 Å². The Balaban J connectivity index is 1.51. The van der Waals surface area contributed by atoms with Crippen LogP contribution in [0.4, 0.5) is 5.69 Å². The number of piperidine rings is 2. The summed E-state index contributed by atoms with van der Waals surface area (Å²) in [6, 6.07) is 8.83. The molecule has 1 amide bonds. The second kappa shape index (κ2) is 8.13. The zero-order valence-electron chi connectivity index (χ0n) is 15.1. The molecule has 2 saturated heterocycles. The second-order valence-electron chi connectivity index (χ2n) is 7.75. The van der Waals surface area contributed by atoms with E-state index in [0.29, 0.717) is 6.04 Å². The Labute approximate surface area is 146 Å². The minimum Gasteiger partial charge on any atom is -0.326 e. The van der Waals surface area contributed by atoms with E-state index in [1.165, 1.54) is 31.5 Å². The van der Waals surface area contributed by atoms with Gasteiger partial charge in [0.05, 0.1) is 0 Å². The molecule has 0 spiro atoms. The quantitative estimate of drug-likeness (QED) is 0.891. The zero-order valence-corrected chi connectivity index (χ0v) is 15.1. The van der Waals surface area contributed by atoms with Gasteiger partial charge in [-0.25, -0.2) is 0 Å². The number of hydrogen-bond acceptors (Lipinski definition) is 3. The molecule has 0 bridgehead atoms. The first-order chi connectivity index (χ1) is 11.6. The molecule has 1 aromatic rings. The summed E-state index contributed by atoms with van der Waals surface area (Å²) in [7, 11) is 0. The predicted octanol–water partition coefficient (Wildman–Crippen LogP) is 3.25. The molecule has 4 heteroatoms. The number of benzene rings is 1. The van der Waals surface area contributed by atoms with E-state index in [-0.39, 0.29) is 11.8 Å². The van der Waals surface area contributed by atoms with E-state index in [0.717, 1.165) is 37.5 Å². The maximum atomic E-state index is 12.4. The van der Waals surface area contributed by atoms with Crippen LogP contribution >= 0.6 is 0 Å². The SMILES string of the molecule is CC1CCCN(Cc2ccc(NC(=O)[C@H]3CCN[C@@H](C)C3)cc2)C1. The van der Waals surface area contributed by atoms with Gasteiger partial charge in [0.1, 0.15) is 0 Å². The van der Waals surface area contributed by atoms with Crippen molar-refractivity contribution in [1.82, 2.24) is 10.2 Å². The first kappa shape index (κ1) is 17.4. The van der Waals surface area contributed by atoms with Gasteiger partial charge >= 0.3 is 0 Å². The van der Waals surface area contributed by atoms with E-state index in [1.54, 1.807) is 0 Å². The fourth-order valence-electron chi connectivity index (χ4n) is 4.00. The average Bonchev–Trinajstić information content (AvgIpc) is 2.57. The molecule has 24 heavy (non-hydrogen) atoms. The van der Waals surface area contributed by atoms with Crippen LogP contribution < -0.4 is 10.6 Å². The highest BCUT2D eigenvalue weighted by Gasteiger charge is 2.24. The topological polar surface area (TPSA) is 44.4 Å². The first-order valence-corrected chi connectivity index (χ1v) is 9.45. The monoisotopic (exact) mass is 329 g/mol. The van der Waals surface area contributed by atoms with E-state index in [9.17, 15) is 4.79 Å². The van der Waals surface area contributed by atoms with Gasteiger partial charge < -0.3 is 10.6 Å². The van der Waals surface area contributed by atoms with Crippen LogP contribution in [0.3, 0.4) is 0 Å². The Bertz CT molecular complexity index is 542. The van der Waals surface area contributed by atoms with Gasteiger partial charge in [-0.3, -0.25) is 9.69 Å². The summed E-state index contributed by atoms with van der Waals surface area (Å²) in [6.07, 6.45) is 4.53. The molecule has 2 aliphatic heterocycles. The molecule has 0 saturated carbocycles. The van der Waals surface area contributed by atoms with Crippen molar-refractivity contribution in [3.63, 3.8) is 0 Å². The lowest BCUT2D eigenvalue weighted by atomic mass is 9.92. The second-order valence-corrected chi connectivity index (χ2v) is 7.75. The Kier molecular flexibility index (Phi) is 5.90. The normalized spacial score (nSPS) is 28.5. The molecular weight excluding hydrogens is 298 g/mol. The van der Waals surface area contributed by atoms with E-state index in [1.807, 2.05) is 12.1 Å². The van der Waals surface area contributed by atoms with Crippen molar-refractivity contribution in [2.45, 2.75) is 52.1 Å². The summed E-state index contributed by atoms with van der Waals surface area (Å²) < 4.78 is 0. The number of carbonyl (C=O) groups excluding carboxylic acids is 1. The van der Waals surface area contributed by atoms with Crippen LogP contribution in [0.1, 0.15) is 45.1 Å². The largest absolute Gasteiger partial charge is 0.326 e. The number of likely N-dealkylation sites (tertiary alicyclic amines) is 1. The molecule has 0 aromatic heterocycles. The fraction of sp³-hybridized carbons (Fsp3) is 0.650. The van der Waals surface area contributed by atoms with Crippen molar-refractivity contribution in [2.75, 3.05) is 25.0 Å². The van der Waals surface area contributed by atoms with Crippen molar-refractivity contribution in [1.29, 1.82) is 0 Å². The molecule has 2 N–H and O–H groups in total. The number of carbonyl (C=O) groups is 1. The summed E-state index contributed by atoms with van der Waals surface area (Å²) in [4.78, 5) is 14.9. The van der Waals surface area contributed by atoms with Crippen LogP contribution in [0.2, 0.25) is 0 Å². The standard InChI is InChI=1S/C20H31N3O/c1-15-4-3-11-23(13-15)14-17-5-7-19(8-6-17)22-20(24)18-9-10-21-16(2)12-18/h5-8,15-16,18,21H,3-4,9-14H2,1-2H3,(H,22,24)/t15?,16-,18-/m0/s1. The van der Waals surface area contributed by atoms with E-state index < -0.39 is 0 Å². The summed E-state index contributed by atoms with van der Waals surface area (Å²) in [5, 5.41) is 6.49. The summed E-state index contributed by atoms with van der Waals surface area (Å²) >= 11 is 0. The van der Waals surface area contributed by atoms with Gasteiger partial charge in [-0.15, -0.1) is 0 Å². The molecule has 0 aliphatic carbocycles. The summed E-state index contributed by atoms with van der Waals surface area (Å²) in [5.41, 5.74) is 2.25. The van der Waals surface area contributed by atoms with Gasteiger partial charge in [0.2, 0.25) is 5.91 Å². The summed E-state index contributed by atoms with van der Waals surface area (Å²) in [5.74, 6) is 1.11. The third-order valence-electron chi connectivity index (χ3n) is 5.36. The molecule has 4 nitrogen and oxygen atoms in total. The maximum absolute atomic E-state index is 12.4. The number of amides is 1. The van der Waals surface area contributed by atoms with E-state index in [2.05, 4.69) is 41.5 Å². The van der Waals surface area contributed by atoms with Crippen molar-refractivity contribution in [2.24, 2.45) is 11.8 Å². The number of anilines is 1. The van der Waals surface area contributed by atoms with Gasteiger partial charge in [-0.2, -0.15) is 0 Å². The average molecular weight is 329 g/mol. The number of nitrogens with zero attached hydrogens (tertiary/aromatic N) is 1. The Hall–Kier alpha value is -1.39. The molecule has 2 fully saturated rings. The van der Waals surface area contributed by atoms with Crippen molar-refractivity contribution < 1.29 is 4.79 Å². The molecule has 2 aliphatic rings. The fourth-order valence-corrected chi connectivity index (χ4v) is 4.00. The van der Waals surface area contributed by atoms with Crippen molar-refractivity contribution in [3.8, 4) is 0 Å². The molecule has 1 unspecified atom stereocenters. The number of hydrogen-bond donors (Lipinski definition) is 2. The first-order valence-electron chi connectivity index (χ1n) is 9.45. The predicted molar refractivity (Wildman–Crippen MR) is 98.9 cm³/mol. The van der Waals surface area contributed by atoms with Crippen LogP contribution in [0, 0.1) is 11.8 Å². The molecular formula is C20H31N3O. The van der Waals surface area contributed by atoms with Crippen LogP contribution in [0.25, 0.3) is 0 Å². The van der Waals surface area contributed by atoms with Gasteiger partial charge in [-0.05, 0) is 69.3 Å². The van der Waals surface area contributed by atoms with Gasteiger partial charge in [0.15, 0.2) is 0 Å². The van der Waals surface area contributed by atoms with Gasteiger partial charge in [0.25, 0.3) is 0 Å². The zero-order chi connectivity index (χ0) is 16.9. The van der Waals surface area contributed by atoms with Crippen molar-refractivity contribution in [3.05, 3.63) is 29.8 Å². The lowest BCUT2D eigenvalue weighted by Crippen LogP contribution is -2.40. The minimum absolute atomic E-state index is 0.135. The van der Waals surface area contributed by atoms with Crippen molar-refractivity contribution >= 4 is 11.6 Å². The Morgan fingerprint density at radius 2 is 2.04 bits per heavy atom. The lowest BCUT2D eigenvalue weighted by molar-refractivity contribution is -0.120. The molecule has 1 aromatic carbocycles. The van der Waals surface area contributed by atoms with Crippen LogP contribution in [0.15, 0.2) is 24.3 Å². The Morgan fingerprint density at radius 1 is 1.25 bits per heavy atom. The van der Waals surface area contributed by atoms with Crippen LogP contribution in [-0.2, 0) is 11.3 Å². The molecule has 3 atom stereocenters. The third-order valence-corrected chi connectivity index (χ3v) is 5.36. The number of nitrogens with one attached hydrogen (secondary N) is 2. The summed E-state index contributed by atoms with van der Waals surface area (Å²) in [6.45, 7) is 8.85. The van der Waals surface area contributed by atoms with E-state index >= 15 is 0 Å². The highest BCUT2D eigenvalue weighted by Crippen LogP contribution is 2.21. The third kappa shape index (κ3) is 4.81. The minimum atomic E-state index is 0.135. The molecule has 3 rings (SSSR count). The highest BCUT2D eigenvalue weighted by molar-refractivity contribution is 5.92. The van der Waals surface area contributed by atoms with Crippen LogP contribution in [0.5, 0.6) is 0 Å². The Morgan fingerprint density at radius 3 is 2.75 bits per heavy atom. The number of rotatable bonds is 4.